The lowest BCUT2D eigenvalue weighted by atomic mass is 10.1. The molecule has 0 aromatic heterocycles. The van der Waals surface area contributed by atoms with Gasteiger partial charge in [0.25, 0.3) is 0 Å². The molecule has 15 heavy (non-hydrogen) atoms. The Bertz CT molecular complexity index is 383. The quantitative estimate of drug-likeness (QED) is 0.785. The van der Waals surface area contributed by atoms with Gasteiger partial charge in [0, 0.05) is 18.9 Å². The van der Waals surface area contributed by atoms with Crippen molar-refractivity contribution in [1.29, 1.82) is 0 Å². The van der Waals surface area contributed by atoms with E-state index in [0.29, 0.717) is 13.0 Å². The van der Waals surface area contributed by atoms with Crippen molar-refractivity contribution in [3.8, 4) is 0 Å². The van der Waals surface area contributed by atoms with Crippen LogP contribution >= 0.6 is 0 Å². The SMILES string of the molecule is O=C1CC(/C=C/c2ccc(F)cc2)CN1. The average molecular weight is 205 g/mol. The molecule has 1 saturated heterocycles. The molecule has 2 nitrogen and oxygen atoms in total. The van der Waals surface area contributed by atoms with Crippen molar-refractivity contribution in [2.45, 2.75) is 6.42 Å². The molecule has 1 aliphatic rings. The molecule has 0 radical (unpaired) electrons. The Hall–Kier alpha value is -1.64. The molecular weight excluding hydrogens is 193 g/mol. The van der Waals surface area contributed by atoms with Gasteiger partial charge in [0.2, 0.25) is 5.91 Å². The van der Waals surface area contributed by atoms with Gasteiger partial charge in [-0.15, -0.1) is 0 Å². The molecule has 1 aromatic carbocycles. The van der Waals surface area contributed by atoms with Crippen molar-refractivity contribution >= 4 is 12.0 Å². The summed E-state index contributed by atoms with van der Waals surface area (Å²) in [5, 5.41) is 2.76. The van der Waals surface area contributed by atoms with Crippen LogP contribution in [0.2, 0.25) is 0 Å². The van der Waals surface area contributed by atoms with Crippen molar-refractivity contribution < 1.29 is 9.18 Å². The van der Waals surface area contributed by atoms with E-state index in [4.69, 9.17) is 0 Å². The summed E-state index contributed by atoms with van der Waals surface area (Å²) in [6.45, 7) is 0.705. The first-order valence-corrected chi connectivity index (χ1v) is 4.94. The van der Waals surface area contributed by atoms with Crippen LogP contribution in [0, 0.1) is 11.7 Å². The van der Waals surface area contributed by atoms with E-state index >= 15 is 0 Å². The van der Waals surface area contributed by atoms with Gasteiger partial charge in [0.1, 0.15) is 5.82 Å². The van der Waals surface area contributed by atoms with Crippen molar-refractivity contribution in [2.24, 2.45) is 5.92 Å². The highest BCUT2D eigenvalue weighted by atomic mass is 19.1. The summed E-state index contributed by atoms with van der Waals surface area (Å²) in [7, 11) is 0. The molecule has 3 heteroatoms. The van der Waals surface area contributed by atoms with Crippen molar-refractivity contribution in [3.05, 3.63) is 41.7 Å². The summed E-state index contributed by atoms with van der Waals surface area (Å²) in [6, 6.07) is 6.29. The fraction of sp³-hybridized carbons (Fsp3) is 0.250. The Morgan fingerprint density at radius 3 is 2.67 bits per heavy atom. The van der Waals surface area contributed by atoms with E-state index in [-0.39, 0.29) is 17.6 Å². The second-order valence-electron chi connectivity index (χ2n) is 3.68. The van der Waals surface area contributed by atoms with Crippen LogP contribution in [-0.2, 0) is 4.79 Å². The summed E-state index contributed by atoms with van der Waals surface area (Å²) in [5.41, 5.74) is 0.954. The smallest absolute Gasteiger partial charge is 0.220 e. The zero-order chi connectivity index (χ0) is 10.7. The molecule has 1 heterocycles. The lowest BCUT2D eigenvalue weighted by molar-refractivity contribution is -0.119. The van der Waals surface area contributed by atoms with Gasteiger partial charge in [0.05, 0.1) is 0 Å². The third-order valence-electron chi connectivity index (χ3n) is 2.44. The predicted molar refractivity (Wildman–Crippen MR) is 56.6 cm³/mol. The maximum absolute atomic E-state index is 12.6. The molecule has 2 rings (SSSR count). The lowest BCUT2D eigenvalue weighted by Gasteiger charge is -1.98. The van der Waals surface area contributed by atoms with E-state index < -0.39 is 0 Å². The Balaban J connectivity index is 1.99. The monoisotopic (exact) mass is 205 g/mol. The molecule has 1 atom stereocenters. The van der Waals surface area contributed by atoms with E-state index in [1.54, 1.807) is 12.1 Å². The van der Waals surface area contributed by atoms with Gasteiger partial charge in [-0.05, 0) is 17.7 Å². The van der Waals surface area contributed by atoms with Gasteiger partial charge < -0.3 is 5.32 Å². The van der Waals surface area contributed by atoms with Gasteiger partial charge in [-0.1, -0.05) is 24.3 Å². The van der Waals surface area contributed by atoms with Gasteiger partial charge >= 0.3 is 0 Å². The first-order chi connectivity index (χ1) is 7.24. The number of amides is 1. The molecular formula is C12H12FNO. The fourth-order valence-electron chi connectivity index (χ4n) is 1.58. The van der Waals surface area contributed by atoms with Gasteiger partial charge in [-0.3, -0.25) is 4.79 Å². The van der Waals surface area contributed by atoms with Crippen LogP contribution in [0.5, 0.6) is 0 Å². The maximum Gasteiger partial charge on any atom is 0.220 e. The minimum atomic E-state index is -0.232. The Labute approximate surface area is 87.8 Å². The van der Waals surface area contributed by atoms with Crippen LogP contribution in [0.3, 0.4) is 0 Å². The number of rotatable bonds is 2. The van der Waals surface area contributed by atoms with Crippen LogP contribution in [0.15, 0.2) is 30.3 Å². The number of hydrogen-bond acceptors (Lipinski definition) is 1. The van der Waals surface area contributed by atoms with E-state index in [9.17, 15) is 9.18 Å². The maximum atomic E-state index is 12.6. The van der Waals surface area contributed by atoms with Gasteiger partial charge in [0.15, 0.2) is 0 Å². The second-order valence-corrected chi connectivity index (χ2v) is 3.68. The second kappa shape index (κ2) is 4.26. The molecule has 0 spiro atoms. The van der Waals surface area contributed by atoms with E-state index in [2.05, 4.69) is 5.32 Å². The normalized spacial score (nSPS) is 20.9. The molecule has 1 aliphatic heterocycles. The van der Waals surface area contributed by atoms with Gasteiger partial charge in [-0.25, -0.2) is 4.39 Å². The number of hydrogen-bond donors (Lipinski definition) is 1. The molecule has 0 saturated carbocycles. The topological polar surface area (TPSA) is 29.1 Å². The third kappa shape index (κ3) is 2.65. The highest BCUT2D eigenvalue weighted by Gasteiger charge is 2.18. The van der Waals surface area contributed by atoms with E-state index in [1.165, 1.54) is 12.1 Å². The number of benzene rings is 1. The summed E-state index contributed by atoms with van der Waals surface area (Å²) < 4.78 is 12.6. The van der Waals surface area contributed by atoms with Crippen LogP contribution < -0.4 is 5.32 Å². The molecule has 1 aromatic rings. The minimum Gasteiger partial charge on any atom is -0.355 e. The highest BCUT2D eigenvalue weighted by molar-refractivity contribution is 5.78. The summed E-state index contributed by atoms with van der Waals surface area (Å²) in [5.74, 6) is 0.135. The average Bonchev–Trinajstić information content (AvgIpc) is 2.64. The van der Waals surface area contributed by atoms with E-state index in [0.717, 1.165) is 5.56 Å². The molecule has 1 N–H and O–H groups in total. The zero-order valence-corrected chi connectivity index (χ0v) is 8.24. The van der Waals surface area contributed by atoms with Crippen molar-refractivity contribution in [1.82, 2.24) is 5.32 Å². The highest BCUT2D eigenvalue weighted by Crippen LogP contribution is 2.13. The molecule has 1 unspecified atom stereocenters. The minimum absolute atomic E-state index is 0.101. The van der Waals surface area contributed by atoms with Crippen LogP contribution in [-0.4, -0.2) is 12.5 Å². The molecule has 0 bridgehead atoms. The number of carbonyl (C=O) groups is 1. The van der Waals surface area contributed by atoms with Crippen LogP contribution in [0.25, 0.3) is 6.08 Å². The number of halogens is 1. The summed E-state index contributed by atoms with van der Waals surface area (Å²) >= 11 is 0. The van der Waals surface area contributed by atoms with Crippen LogP contribution in [0.1, 0.15) is 12.0 Å². The van der Waals surface area contributed by atoms with Crippen molar-refractivity contribution in [3.63, 3.8) is 0 Å². The Kier molecular flexibility index (Phi) is 2.81. The van der Waals surface area contributed by atoms with Crippen LogP contribution in [0.4, 0.5) is 4.39 Å². The largest absolute Gasteiger partial charge is 0.355 e. The Morgan fingerprint density at radius 1 is 1.33 bits per heavy atom. The molecule has 0 aliphatic carbocycles. The van der Waals surface area contributed by atoms with Crippen molar-refractivity contribution in [2.75, 3.05) is 6.54 Å². The number of nitrogens with one attached hydrogen (secondary N) is 1. The summed E-state index contributed by atoms with van der Waals surface area (Å²) in [6.07, 6.45) is 4.47. The lowest BCUT2D eigenvalue weighted by Crippen LogP contribution is -2.13. The molecule has 78 valence electrons. The standard InChI is InChI=1S/C12H12FNO/c13-11-5-3-9(4-6-11)1-2-10-7-12(15)14-8-10/h1-6,10H,7-8H2,(H,14,15)/b2-1+. The van der Waals surface area contributed by atoms with Gasteiger partial charge in [-0.2, -0.15) is 0 Å². The van der Waals surface area contributed by atoms with E-state index in [1.807, 2.05) is 12.2 Å². The Morgan fingerprint density at radius 2 is 2.07 bits per heavy atom. The zero-order valence-electron chi connectivity index (χ0n) is 8.24. The fourth-order valence-corrected chi connectivity index (χ4v) is 1.58. The first kappa shape index (κ1) is 9.90. The molecule has 1 fully saturated rings. The third-order valence-corrected chi connectivity index (χ3v) is 2.44. The predicted octanol–water partition coefficient (Wildman–Crippen LogP) is 1.97. The number of carbonyl (C=O) groups excluding carboxylic acids is 1. The molecule has 1 amide bonds. The first-order valence-electron chi connectivity index (χ1n) is 4.94. The summed E-state index contributed by atoms with van der Waals surface area (Å²) in [4.78, 5) is 10.9.